The highest BCUT2D eigenvalue weighted by atomic mass is 32.2. The number of hydrogen-bond donors (Lipinski definition) is 0. The predicted octanol–water partition coefficient (Wildman–Crippen LogP) is 13.3. The Morgan fingerprint density at radius 1 is 0.351 bits per heavy atom. The molecule has 7 aromatic carbocycles. The van der Waals surface area contributed by atoms with Crippen LogP contribution in [0.5, 0.6) is 0 Å². The minimum absolute atomic E-state index is 0.410. The molecule has 0 saturated carbocycles. The minimum atomic E-state index is -0.410. The molecule has 0 bridgehead atoms. The first kappa shape index (κ1) is 33.5. The molecule has 0 radical (unpaired) electrons. The highest BCUT2D eigenvalue weighted by Gasteiger charge is 2.50. The number of fused-ring (bicyclic) bond motifs is 9. The molecular weight excluding hydrogens is 711 g/mol. The summed E-state index contributed by atoms with van der Waals surface area (Å²) in [6.07, 6.45) is 0. The van der Waals surface area contributed by atoms with Crippen molar-refractivity contribution in [2.75, 3.05) is 0 Å². The van der Waals surface area contributed by atoms with Crippen LogP contribution in [0.2, 0.25) is 0 Å². The van der Waals surface area contributed by atoms with Crippen LogP contribution in [-0.2, 0) is 5.41 Å². The number of pyridine rings is 1. The molecule has 4 heteroatoms. The van der Waals surface area contributed by atoms with Crippen LogP contribution in [0.1, 0.15) is 27.9 Å². The molecule has 2 aliphatic rings. The van der Waals surface area contributed by atoms with E-state index in [1.54, 1.807) is 0 Å². The third kappa shape index (κ3) is 5.40. The zero-order chi connectivity index (χ0) is 37.9. The van der Waals surface area contributed by atoms with E-state index in [1.807, 2.05) is 48.2 Å². The van der Waals surface area contributed by atoms with E-state index in [4.69, 9.17) is 15.0 Å². The molecule has 0 N–H and O–H groups in total. The first-order valence-corrected chi connectivity index (χ1v) is 20.2. The quantitative estimate of drug-likeness (QED) is 0.176. The van der Waals surface area contributed by atoms with Gasteiger partial charge in [-0.05, 0) is 76.2 Å². The zero-order valence-corrected chi connectivity index (χ0v) is 32.0. The lowest BCUT2D eigenvalue weighted by atomic mass is 9.67. The van der Waals surface area contributed by atoms with E-state index in [9.17, 15) is 0 Å². The van der Waals surface area contributed by atoms with Gasteiger partial charge in [0.05, 0.1) is 22.5 Å². The van der Waals surface area contributed by atoms with Gasteiger partial charge >= 0.3 is 0 Å². The van der Waals surface area contributed by atoms with Crippen LogP contribution in [0.3, 0.4) is 0 Å². The first-order valence-electron chi connectivity index (χ1n) is 19.4. The number of hydrogen-bond acceptors (Lipinski definition) is 4. The van der Waals surface area contributed by atoms with Gasteiger partial charge in [-0.2, -0.15) is 0 Å². The van der Waals surface area contributed by atoms with E-state index in [-0.39, 0.29) is 0 Å². The third-order valence-corrected chi connectivity index (χ3v) is 12.7. The second kappa shape index (κ2) is 13.4. The largest absolute Gasteiger partial charge is 0.252 e. The van der Waals surface area contributed by atoms with Crippen molar-refractivity contribution < 1.29 is 0 Å². The fourth-order valence-corrected chi connectivity index (χ4v) is 10.1. The lowest BCUT2D eigenvalue weighted by Crippen LogP contribution is -2.31. The maximum absolute atomic E-state index is 5.24. The summed E-state index contributed by atoms with van der Waals surface area (Å²) in [5.74, 6) is 0.702. The molecule has 9 aromatic rings. The average Bonchev–Trinajstić information content (AvgIpc) is 3.57. The Morgan fingerprint density at radius 3 is 1.56 bits per heavy atom. The van der Waals surface area contributed by atoms with Crippen LogP contribution in [0, 0.1) is 6.92 Å². The Labute approximate surface area is 336 Å². The van der Waals surface area contributed by atoms with Gasteiger partial charge in [-0.25, -0.2) is 9.97 Å². The average molecular weight is 746 g/mol. The third-order valence-electron chi connectivity index (χ3n) is 11.5. The van der Waals surface area contributed by atoms with Crippen molar-refractivity contribution >= 4 is 11.8 Å². The number of benzene rings is 7. The summed E-state index contributed by atoms with van der Waals surface area (Å²) in [5.41, 5.74) is 17.6. The molecule has 268 valence electrons. The lowest BCUT2D eigenvalue weighted by Gasteiger charge is -2.39. The van der Waals surface area contributed by atoms with Crippen molar-refractivity contribution in [2.24, 2.45) is 0 Å². The summed E-state index contributed by atoms with van der Waals surface area (Å²) in [6, 6.07) is 69.5. The monoisotopic (exact) mass is 745 g/mol. The summed E-state index contributed by atoms with van der Waals surface area (Å²) in [4.78, 5) is 18.0. The molecule has 0 fully saturated rings. The fraction of sp³-hybridized carbons (Fsp3) is 0.0377. The molecule has 0 atom stereocenters. The molecule has 2 aromatic heterocycles. The van der Waals surface area contributed by atoms with E-state index >= 15 is 0 Å². The van der Waals surface area contributed by atoms with Crippen LogP contribution in [0.4, 0.5) is 0 Å². The normalized spacial score (nSPS) is 13.1. The van der Waals surface area contributed by atoms with Crippen LogP contribution < -0.4 is 0 Å². The molecule has 1 aliphatic heterocycles. The van der Waals surface area contributed by atoms with Gasteiger partial charge in [0.25, 0.3) is 0 Å². The van der Waals surface area contributed by atoms with E-state index < -0.39 is 5.41 Å². The van der Waals surface area contributed by atoms with E-state index in [2.05, 4.69) is 165 Å². The smallest absolute Gasteiger partial charge is 0.160 e. The van der Waals surface area contributed by atoms with Gasteiger partial charge in [0, 0.05) is 43.3 Å². The van der Waals surface area contributed by atoms with Crippen molar-refractivity contribution in [1.82, 2.24) is 15.0 Å². The van der Waals surface area contributed by atoms with Gasteiger partial charge in [-0.3, -0.25) is 4.98 Å². The summed E-state index contributed by atoms with van der Waals surface area (Å²) in [5, 5.41) is 0. The Hall–Kier alpha value is -6.88. The van der Waals surface area contributed by atoms with Crippen LogP contribution in [-0.4, -0.2) is 15.0 Å². The molecule has 57 heavy (non-hydrogen) atoms. The topological polar surface area (TPSA) is 38.7 Å². The maximum atomic E-state index is 5.24. The Balaban J connectivity index is 1.04. The molecule has 3 nitrogen and oxygen atoms in total. The molecule has 0 unspecified atom stereocenters. The lowest BCUT2D eigenvalue weighted by molar-refractivity contribution is 0.722. The zero-order valence-electron chi connectivity index (χ0n) is 31.2. The molecule has 11 rings (SSSR count). The van der Waals surface area contributed by atoms with Gasteiger partial charge in [-0.15, -0.1) is 0 Å². The Kier molecular flexibility index (Phi) is 7.87. The highest BCUT2D eigenvalue weighted by Crippen LogP contribution is 2.62. The van der Waals surface area contributed by atoms with Crippen molar-refractivity contribution in [1.29, 1.82) is 0 Å². The summed E-state index contributed by atoms with van der Waals surface area (Å²) in [7, 11) is 0. The van der Waals surface area contributed by atoms with E-state index in [0.717, 1.165) is 56.2 Å². The number of aromatic nitrogens is 3. The van der Waals surface area contributed by atoms with Gasteiger partial charge < -0.3 is 0 Å². The second-order valence-electron chi connectivity index (χ2n) is 14.8. The molecule has 0 saturated heterocycles. The molecule has 1 spiro atoms. The van der Waals surface area contributed by atoms with E-state index in [1.165, 1.54) is 43.2 Å². The van der Waals surface area contributed by atoms with Crippen molar-refractivity contribution in [3.05, 3.63) is 222 Å². The van der Waals surface area contributed by atoms with Crippen LogP contribution in [0.15, 0.2) is 204 Å². The van der Waals surface area contributed by atoms with Crippen molar-refractivity contribution in [3.8, 4) is 67.4 Å². The van der Waals surface area contributed by atoms with Gasteiger partial charge in [0.2, 0.25) is 0 Å². The Morgan fingerprint density at radius 2 is 0.877 bits per heavy atom. The van der Waals surface area contributed by atoms with Gasteiger partial charge in [0.15, 0.2) is 5.82 Å². The minimum Gasteiger partial charge on any atom is -0.252 e. The number of rotatable bonds is 5. The van der Waals surface area contributed by atoms with Crippen molar-refractivity contribution in [3.63, 3.8) is 0 Å². The second-order valence-corrected chi connectivity index (χ2v) is 15.8. The van der Waals surface area contributed by atoms with Gasteiger partial charge in [0.1, 0.15) is 0 Å². The standard InChI is InChI=1S/C53H35N3S/c1-34-40(29-31-47(54-34)36-14-4-2-5-15-36)35-24-26-37(27-25-35)48-33-49(56-52(55-48)38-16-6-3-7-17-38)39-28-30-44-42(32-39)41-18-8-9-19-43(41)53(44)45-20-10-12-22-50(45)57-51-23-13-11-21-46(51)53/h2-33H,1H3. The van der Waals surface area contributed by atoms with Crippen LogP contribution in [0.25, 0.3) is 67.4 Å². The Bertz CT molecular complexity index is 2950. The molecular formula is C53H35N3S. The maximum Gasteiger partial charge on any atom is 0.160 e. The summed E-state index contributed by atoms with van der Waals surface area (Å²) < 4.78 is 0. The predicted molar refractivity (Wildman–Crippen MR) is 233 cm³/mol. The molecule has 1 aliphatic carbocycles. The number of aryl methyl sites for hydroxylation is 1. The molecule has 0 amide bonds. The highest BCUT2D eigenvalue weighted by molar-refractivity contribution is 7.99. The summed E-state index contributed by atoms with van der Waals surface area (Å²) >= 11 is 1.87. The molecule has 3 heterocycles. The van der Waals surface area contributed by atoms with Crippen molar-refractivity contribution in [2.45, 2.75) is 22.1 Å². The van der Waals surface area contributed by atoms with E-state index in [0.29, 0.717) is 5.82 Å². The fourth-order valence-electron chi connectivity index (χ4n) is 8.93. The summed E-state index contributed by atoms with van der Waals surface area (Å²) in [6.45, 7) is 2.08. The van der Waals surface area contributed by atoms with Gasteiger partial charge in [-0.1, -0.05) is 176 Å². The number of nitrogens with zero attached hydrogens (tertiary/aromatic N) is 3. The first-order chi connectivity index (χ1) is 28.1. The van der Waals surface area contributed by atoms with Crippen LogP contribution >= 0.6 is 11.8 Å². The SMILES string of the molecule is Cc1nc(-c2ccccc2)ccc1-c1ccc(-c2cc(-c3ccc4c(c3)-c3ccccc3C43c4ccccc4Sc4ccccc43)nc(-c3ccccc3)n2)cc1.